The highest BCUT2D eigenvalue weighted by atomic mass is 16.3. The van der Waals surface area contributed by atoms with Crippen molar-refractivity contribution in [3.8, 4) is 5.75 Å². The molecular weight excluding hydrogens is 174 g/mol. The summed E-state index contributed by atoms with van der Waals surface area (Å²) in [4.78, 5) is 0. The summed E-state index contributed by atoms with van der Waals surface area (Å²) in [5.74, 6) is 0.326. The standard InChI is InChI=1S/C12H15NO/c1-2-10-5-8-12(13-10)9-3-6-11(14)7-4-9/h2-4,6-7,10,12-14H,1,5,8H2/t10-,12-/m1/s1. The van der Waals surface area contributed by atoms with Crippen molar-refractivity contribution in [2.24, 2.45) is 0 Å². The third-order valence-electron chi connectivity index (χ3n) is 2.76. The Kier molecular flexibility index (Phi) is 2.55. The second kappa shape index (κ2) is 3.84. The van der Waals surface area contributed by atoms with Crippen molar-refractivity contribution in [2.45, 2.75) is 24.9 Å². The van der Waals surface area contributed by atoms with E-state index in [9.17, 15) is 0 Å². The zero-order valence-electron chi connectivity index (χ0n) is 8.11. The minimum atomic E-state index is 0.326. The van der Waals surface area contributed by atoms with Gasteiger partial charge in [0.1, 0.15) is 5.75 Å². The molecule has 0 radical (unpaired) electrons. The van der Waals surface area contributed by atoms with Crippen molar-refractivity contribution in [1.29, 1.82) is 0 Å². The molecule has 2 atom stereocenters. The lowest BCUT2D eigenvalue weighted by atomic mass is 10.1. The van der Waals surface area contributed by atoms with Crippen LogP contribution in [0.1, 0.15) is 24.4 Å². The lowest BCUT2D eigenvalue weighted by Gasteiger charge is -2.12. The Labute approximate surface area is 84.3 Å². The van der Waals surface area contributed by atoms with Gasteiger partial charge in [-0.25, -0.2) is 0 Å². The smallest absolute Gasteiger partial charge is 0.115 e. The second-order valence-electron chi connectivity index (χ2n) is 3.73. The maximum Gasteiger partial charge on any atom is 0.115 e. The monoisotopic (exact) mass is 189 g/mol. The molecule has 1 aliphatic rings. The molecule has 2 heteroatoms. The number of phenols is 1. The van der Waals surface area contributed by atoms with Gasteiger partial charge in [-0.05, 0) is 30.5 Å². The van der Waals surface area contributed by atoms with Crippen molar-refractivity contribution in [3.05, 3.63) is 42.5 Å². The van der Waals surface area contributed by atoms with Crippen molar-refractivity contribution in [2.75, 3.05) is 0 Å². The maximum atomic E-state index is 9.16. The van der Waals surface area contributed by atoms with E-state index in [4.69, 9.17) is 5.11 Å². The molecule has 1 aromatic carbocycles. The van der Waals surface area contributed by atoms with Gasteiger partial charge < -0.3 is 10.4 Å². The van der Waals surface area contributed by atoms with Crippen LogP contribution in [0, 0.1) is 0 Å². The first kappa shape index (κ1) is 9.28. The topological polar surface area (TPSA) is 32.3 Å². The van der Waals surface area contributed by atoms with E-state index in [1.807, 2.05) is 18.2 Å². The van der Waals surface area contributed by atoms with Crippen molar-refractivity contribution < 1.29 is 5.11 Å². The van der Waals surface area contributed by atoms with E-state index in [0.29, 0.717) is 17.8 Å². The molecular formula is C12H15NO. The predicted octanol–water partition coefficient (Wildman–Crippen LogP) is 2.37. The molecule has 0 spiro atoms. The quantitative estimate of drug-likeness (QED) is 0.700. The van der Waals surface area contributed by atoms with Crippen LogP contribution in [0.2, 0.25) is 0 Å². The third kappa shape index (κ3) is 1.80. The summed E-state index contributed by atoms with van der Waals surface area (Å²) < 4.78 is 0. The van der Waals surface area contributed by atoms with Gasteiger partial charge in [-0.1, -0.05) is 18.2 Å². The Morgan fingerprint density at radius 3 is 2.57 bits per heavy atom. The maximum absolute atomic E-state index is 9.16. The first-order valence-corrected chi connectivity index (χ1v) is 4.97. The molecule has 2 N–H and O–H groups in total. The highest BCUT2D eigenvalue weighted by Crippen LogP contribution is 2.27. The molecule has 0 aromatic heterocycles. The molecule has 1 fully saturated rings. The van der Waals surface area contributed by atoms with Crippen molar-refractivity contribution >= 4 is 0 Å². The van der Waals surface area contributed by atoms with Crippen LogP contribution in [0.5, 0.6) is 5.75 Å². The minimum absolute atomic E-state index is 0.326. The van der Waals surface area contributed by atoms with Crippen molar-refractivity contribution in [3.63, 3.8) is 0 Å². The third-order valence-corrected chi connectivity index (χ3v) is 2.76. The summed E-state index contributed by atoms with van der Waals surface area (Å²) in [7, 11) is 0. The molecule has 74 valence electrons. The van der Waals surface area contributed by atoms with Crippen LogP contribution >= 0.6 is 0 Å². The fourth-order valence-electron chi connectivity index (χ4n) is 1.93. The average Bonchev–Trinajstić information content (AvgIpc) is 2.67. The number of aromatic hydroxyl groups is 1. The van der Waals surface area contributed by atoms with E-state index >= 15 is 0 Å². The number of phenolic OH excluding ortho intramolecular Hbond substituents is 1. The SMILES string of the molecule is C=C[C@@H]1CC[C@H](c2ccc(O)cc2)N1. The summed E-state index contributed by atoms with van der Waals surface area (Å²) in [5.41, 5.74) is 1.24. The number of benzene rings is 1. The van der Waals surface area contributed by atoms with Gasteiger partial charge in [-0.2, -0.15) is 0 Å². The highest BCUT2D eigenvalue weighted by molar-refractivity contribution is 5.28. The Morgan fingerprint density at radius 2 is 2.00 bits per heavy atom. The van der Waals surface area contributed by atoms with Gasteiger partial charge in [0.25, 0.3) is 0 Å². The molecule has 1 aromatic rings. The van der Waals surface area contributed by atoms with Crippen LogP contribution < -0.4 is 5.32 Å². The van der Waals surface area contributed by atoms with E-state index in [2.05, 4.69) is 11.9 Å². The van der Waals surface area contributed by atoms with Gasteiger partial charge in [0.05, 0.1) is 0 Å². The lowest BCUT2D eigenvalue weighted by Crippen LogP contribution is -2.21. The number of hydrogen-bond donors (Lipinski definition) is 2. The zero-order valence-corrected chi connectivity index (χ0v) is 8.11. The van der Waals surface area contributed by atoms with Crippen LogP contribution in [0.4, 0.5) is 0 Å². The normalized spacial score (nSPS) is 26.3. The zero-order chi connectivity index (χ0) is 9.97. The number of hydrogen-bond acceptors (Lipinski definition) is 2. The average molecular weight is 189 g/mol. The molecule has 0 unspecified atom stereocenters. The first-order valence-electron chi connectivity index (χ1n) is 4.97. The van der Waals surface area contributed by atoms with Gasteiger partial charge in [0.2, 0.25) is 0 Å². The van der Waals surface area contributed by atoms with E-state index in [1.54, 1.807) is 12.1 Å². The minimum Gasteiger partial charge on any atom is -0.508 e. The number of rotatable bonds is 2. The van der Waals surface area contributed by atoms with Gasteiger partial charge in [0.15, 0.2) is 0 Å². The Balaban J connectivity index is 2.09. The molecule has 14 heavy (non-hydrogen) atoms. The predicted molar refractivity (Wildman–Crippen MR) is 57.2 cm³/mol. The van der Waals surface area contributed by atoms with E-state index in [1.165, 1.54) is 5.56 Å². The molecule has 1 heterocycles. The molecule has 1 saturated heterocycles. The van der Waals surface area contributed by atoms with Crippen LogP contribution in [-0.4, -0.2) is 11.1 Å². The Morgan fingerprint density at radius 1 is 1.29 bits per heavy atom. The molecule has 0 aliphatic carbocycles. The largest absolute Gasteiger partial charge is 0.508 e. The van der Waals surface area contributed by atoms with E-state index in [0.717, 1.165) is 12.8 Å². The van der Waals surface area contributed by atoms with Crippen LogP contribution in [0.3, 0.4) is 0 Å². The van der Waals surface area contributed by atoms with Gasteiger partial charge >= 0.3 is 0 Å². The molecule has 2 nitrogen and oxygen atoms in total. The van der Waals surface area contributed by atoms with Crippen molar-refractivity contribution in [1.82, 2.24) is 5.32 Å². The molecule has 0 amide bonds. The summed E-state index contributed by atoms with van der Waals surface area (Å²) in [6.07, 6.45) is 4.25. The van der Waals surface area contributed by atoms with E-state index in [-0.39, 0.29) is 0 Å². The molecule has 1 aliphatic heterocycles. The van der Waals surface area contributed by atoms with Crippen LogP contribution in [0.25, 0.3) is 0 Å². The summed E-state index contributed by atoms with van der Waals surface area (Å²) >= 11 is 0. The van der Waals surface area contributed by atoms with Crippen LogP contribution in [-0.2, 0) is 0 Å². The molecule has 0 bridgehead atoms. The van der Waals surface area contributed by atoms with E-state index < -0.39 is 0 Å². The van der Waals surface area contributed by atoms with Gasteiger partial charge in [-0.15, -0.1) is 6.58 Å². The van der Waals surface area contributed by atoms with Crippen LogP contribution in [0.15, 0.2) is 36.9 Å². The Bertz CT molecular complexity index is 318. The summed E-state index contributed by atoms with van der Waals surface area (Å²) in [6, 6.07) is 8.26. The second-order valence-corrected chi connectivity index (χ2v) is 3.73. The molecule has 2 rings (SSSR count). The van der Waals surface area contributed by atoms with Gasteiger partial charge in [0, 0.05) is 12.1 Å². The fraction of sp³-hybridized carbons (Fsp3) is 0.333. The summed E-state index contributed by atoms with van der Waals surface area (Å²) in [5, 5.41) is 12.6. The number of nitrogens with one attached hydrogen (secondary N) is 1. The Hall–Kier alpha value is -1.28. The fourth-order valence-corrected chi connectivity index (χ4v) is 1.93. The molecule has 0 saturated carbocycles. The van der Waals surface area contributed by atoms with Gasteiger partial charge in [-0.3, -0.25) is 0 Å². The highest BCUT2D eigenvalue weighted by Gasteiger charge is 2.22. The lowest BCUT2D eigenvalue weighted by molar-refractivity contribution is 0.474. The summed E-state index contributed by atoms with van der Waals surface area (Å²) in [6.45, 7) is 3.78. The first-order chi connectivity index (χ1) is 6.79.